The highest BCUT2D eigenvalue weighted by Gasteiger charge is 1.97. The lowest BCUT2D eigenvalue weighted by molar-refractivity contribution is 0.305. The zero-order valence-corrected chi connectivity index (χ0v) is 9.29. The first-order valence-corrected chi connectivity index (χ1v) is 5.34. The van der Waals surface area contributed by atoms with Crippen LogP contribution in [-0.4, -0.2) is 19.2 Å². The Morgan fingerprint density at radius 3 is 2.60 bits per heavy atom. The van der Waals surface area contributed by atoms with Crippen LogP contribution in [0, 0.1) is 5.82 Å². The smallest absolute Gasteiger partial charge is 0.123 e. The number of hydrogen-bond acceptors (Lipinski definition) is 2. The van der Waals surface area contributed by atoms with Crippen molar-refractivity contribution in [1.82, 2.24) is 5.32 Å². The van der Waals surface area contributed by atoms with Crippen molar-refractivity contribution in [3.8, 4) is 5.75 Å². The minimum Gasteiger partial charge on any atom is -0.492 e. The van der Waals surface area contributed by atoms with E-state index in [0.29, 0.717) is 18.4 Å². The minimum absolute atomic E-state index is 0.236. The molecule has 0 aliphatic rings. The first kappa shape index (κ1) is 12.0. The van der Waals surface area contributed by atoms with E-state index < -0.39 is 0 Å². The van der Waals surface area contributed by atoms with Crippen LogP contribution in [0.5, 0.6) is 5.75 Å². The average Bonchev–Trinajstić information content (AvgIpc) is 2.26. The number of rotatable bonds is 6. The van der Waals surface area contributed by atoms with Crippen LogP contribution < -0.4 is 10.1 Å². The van der Waals surface area contributed by atoms with Gasteiger partial charge in [-0.2, -0.15) is 0 Å². The van der Waals surface area contributed by atoms with Gasteiger partial charge in [-0.25, -0.2) is 4.39 Å². The molecule has 0 amide bonds. The van der Waals surface area contributed by atoms with E-state index in [2.05, 4.69) is 19.2 Å². The molecule has 2 nitrogen and oxygen atoms in total. The van der Waals surface area contributed by atoms with Gasteiger partial charge in [0.25, 0.3) is 0 Å². The third-order valence-corrected chi connectivity index (χ3v) is 2.29. The number of ether oxygens (including phenoxy) is 1. The first-order chi connectivity index (χ1) is 7.22. The van der Waals surface area contributed by atoms with E-state index in [1.54, 1.807) is 12.1 Å². The SMILES string of the molecule is CC[C@H](C)NCCOc1ccc(F)cc1. The van der Waals surface area contributed by atoms with Crippen molar-refractivity contribution in [3.05, 3.63) is 30.1 Å². The van der Waals surface area contributed by atoms with Crippen molar-refractivity contribution in [1.29, 1.82) is 0 Å². The monoisotopic (exact) mass is 211 g/mol. The Labute approximate surface area is 90.4 Å². The standard InChI is InChI=1S/C12H18FNO/c1-3-10(2)14-8-9-15-12-6-4-11(13)5-7-12/h4-7,10,14H,3,8-9H2,1-2H3/t10-/m0/s1. The van der Waals surface area contributed by atoms with E-state index in [0.717, 1.165) is 13.0 Å². The van der Waals surface area contributed by atoms with Gasteiger partial charge in [-0.05, 0) is 37.6 Å². The van der Waals surface area contributed by atoms with Gasteiger partial charge in [0.05, 0.1) is 0 Å². The Bertz CT molecular complexity index is 273. The summed E-state index contributed by atoms with van der Waals surface area (Å²) in [7, 11) is 0. The second kappa shape index (κ2) is 6.40. The third-order valence-electron chi connectivity index (χ3n) is 2.29. The lowest BCUT2D eigenvalue weighted by Gasteiger charge is -2.11. The lowest BCUT2D eigenvalue weighted by atomic mass is 10.3. The van der Waals surface area contributed by atoms with Gasteiger partial charge in [0.1, 0.15) is 18.2 Å². The van der Waals surface area contributed by atoms with Crippen LogP contribution in [0.2, 0.25) is 0 Å². The summed E-state index contributed by atoms with van der Waals surface area (Å²) in [6.45, 7) is 5.69. The molecule has 0 spiro atoms. The molecule has 0 radical (unpaired) electrons. The zero-order valence-electron chi connectivity index (χ0n) is 9.29. The molecule has 0 bridgehead atoms. The molecule has 15 heavy (non-hydrogen) atoms. The molecule has 1 aromatic carbocycles. The molecule has 3 heteroatoms. The highest BCUT2D eigenvalue weighted by molar-refractivity contribution is 5.21. The molecule has 0 aromatic heterocycles. The maximum absolute atomic E-state index is 12.6. The highest BCUT2D eigenvalue weighted by Crippen LogP contribution is 2.10. The van der Waals surface area contributed by atoms with Crippen LogP contribution in [0.15, 0.2) is 24.3 Å². The average molecular weight is 211 g/mol. The van der Waals surface area contributed by atoms with Gasteiger partial charge in [0, 0.05) is 12.6 Å². The molecule has 0 saturated heterocycles. The summed E-state index contributed by atoms with van der Waals surface area (Å²) in [5.41, 5.74) is 0. The van der Waals surface area contributed by atoms with E-state index >= 15 is 0 Å². The summed E-state index contributed by atoms with van der Waals surface area (Å²) in [5.74, 6) is 0.474. The van der Waals surface area contributed by atoms with Gasteiger partial charge in [0.2, 0.25) is 0 Å². The highest BCUT2D eigenvalue weighted by atomic mass is 19.1. The molecule has 0 saturated carbocycles. The van der Waals surface area contributed by atoms with E-state index in [9.17, 15) is 4.39 Å². The molecule has 1 atom stereocenters. The van der Waals surface area contributed by atoms with Gasteiger partial charge < -0.3 is 10.1 Å². The van der Waals surface area contributed by atoms with Gasteiger partial charge in [-0.15, -0.1) is 0 Å². The molecule has 1 aromatic rings. The Kier molecular flexibility index (Phi) is 5.12. The second-order valence-electron chi connectivity index (χ2n) is 3.57. The zero-order chi connectivity index (χ0) is 11.1. The predicted molar refractivity (Wildman–Crippen MR) is 59.7 cm³/mol. The summed E-state index contributed by atoms with van der Waals surface area (Å²) < 4.78 is 18.0. The van der Waals surface area contributed by atoms with Gasteiger partial charge >= 0.3 is 0 Å². The number of nitrogens with one attached hydrogen (secondary N) is 1. The topological polar surface area (TPSA) is 21.3 Å². The van der Waals surface area contributed by atoms with Crippen molar-refractivity contribution in [2.45, 2.75) is 26.3 Å². The Morgan fingerprint density at radius 2 is 2.00 bits per heavy atom. The van der Waals surface area contributed by atoms with Gasteiger partial charge in [0.15, 0.2) is 0 Å². The minimum atomic E-state index is -0.236. The largest absolute Gasteiger partial charge is 0.492 e. The van der Waals surface area contributed by atoms with Crippen molar-refractivity contribution in [2.24, 2.45) is 0 Å². The normalized spacial score (nSPS) is 12.5. The fourth-order valence-electron chi connectivity index (χ4n) is 1.15. The Morgan fingerprint density at radius 1 is 1.33 bits per heavy atom. The Hall–Kier alpha value is -1.09. The van der Waals surface area contributed by atoms with Crippen molar-refractivity contribution >= 4 is 0 Å². The van der Waals surface area contributed by atoms with Crippen LogP contribution in [0.3, 0.4) is 0 Å². The van der Waals surface area contributed by atoms with Crippen LogP contribution in [0.25, 0.3) is 0 Å². The number of benzene rings is 1. The molecule has 84 valence electrons. The van der Waals surface area contributed by atoms with Crippen molar-refractivity contribution < 1.29 is 9.13 Å². The third kappa shape index (κ3) is 4.79. The van der Waals surface area contributed by atoms with E-state index in [1.807, 2.05) is 0 Å². The summed E-state index contributed by atoms with van der Waals surface area (Å²) in [5, 5.41) is 3.31. The predicted octanol–water partition coefficient (Wildman–Crippen LogP) is 2.59. The summed E-state index contributed by atoms with van der Waals surface area (Å²) in [6, 6.07) is 6.59. The quantitative estimate of drug-likeness (QED) is 0.730. The fourth-order valence-corrected chi connectivity index (χ4v) is 1.15. The van der Waals surface area contributed by atoms with Crippen LogP contribution in [0.4, 0.5) is 4.39 Å². The summed E-state index contributed by atoms with van der Waals surface area (Å²) in [4.78, 5) is 0. The molecule has 0 aliphatic carbocycles. The molecule has 0 heterocycles. The lowest BCUT2D eigenvalue weighted by Crippen LogP contribution is -2.29. The summed E-state index contributed by atoms with van der Waals surface area (Å²) in [6.07, 6.45) is 1.11. The number of hydrogen-bond donors (Lipinski definition) is 1. The molecule has 0 fully saturated rings. The molecule has 0 unspecified atom stereocenters. The molecule has 0 aliphatic heterocycles. The van der Waals surface area contributed by atoms with E-state index in [-0.39, 0.29) is 5.82 Å². The maximum atomic E-state index is 12.6. The maximum Gasteiger partial charge on any atom is 0.123 e. The molecular weight excluding hydrogens is 193 g/mol. The first-order valence-electron chi connectivity index (χ1n) is 5.34. The molecular formula is C12H18FNO. The second-order valence-corrected chi connectivity index (χ2v) is 3.57. The molecule has 1 N–H and O–H groups in total. The summed E-state index contributed by atoms with van der Waals surface area (Å²) >= 11 is 0. The fraction of sp³-hybridized carbons (Fsp3) is 0.500. The molecule has 1 rings (SSSR count). The van der Waals surface area contributed by atoms with Crippen LogP contribution >= 0.6 is 0 Å². The number of halogens is 1. The van der Waals surface area contributed by atoms with Crippen molar-refractivity contribution in [3.63, 3.8) is 0 Å². The van der Waals surface area contributed by atoms with Gasteiger partial charge in [-0.3, -0.25) is 0 Å². The van der Waals surface area contributed by atoms with E-state index in [4.69, 9.17) is 4.74 Å². The Balaban J connectivity index is 2.17. The van der Waals surface area contributed by atoms with Crippen molar-refractivity contribution in [2.75, 3.05) is 13.2 Å². The van der Waals surface area contributed by atoms with Gasteiger partial charge in [-0.1, -0.05) is 6.92 Å². The van der Waals surface area contributed by atoms with Crippen LogP contribution in [-0.2, 0) is 0 Å². The van der Waals surface area contributed by atoms with Crippen LogP contribution in [0.1, 0.15) is 20.3 Å². The van der Waals surface area contributed by atoms with E-state index in [1.165, 1.54) is 12.1 Å².